The molecule has 1 aromatic carbocycles. The highest BCUT2D eigenvalue weighted by molar-refractivity contribution is 7.99. The van der Waals surface area contributed by atoms with Crippen LogP contribution in [0.1, 0.15) is 51.9 Å². The number of carbonyl (C=O) groups excluding carboxylic acids is 1. The first kappa shape index (κ1) is 18.9. The number of fused-ring (bicyclic) bond motifs is 1. The third kappa shape index (κ3) is 4.54. The van der Waals surface area contributed by atoms with Gasteiger partial charge in [0.15, 0.2) is 11.5 Å². The average Bonchev–Trinajstić information content (AvgIpc) is 3.17. The minimum atomic E-state index is -0.455. The molecule has 1 saturated carbocycles. The molecule has 0 radical (unpaired) electrons. The fraction of sp³-hybridized carbons (Fsp3) is 0.667. The van der Waals surface area contributed by atoms with Gasteiger partial charge in [0.1, 0.15) is 0 Å². The van der Waals surface area contributed by atoms with E-state index in [0.717, 1.165) is 61.7 Å². The molecular formula is C21H30N2O3S. The number of rotatable bonds is 5. The van der Waals surface area contributed by atoms with Crippen molar-refractivity contribution in [1.82, 2.24) is 4.90 Å². The lowest BCUT2D eigenvalue weighted by molar-refractivity contribution is -0.117. The summed E-state index contributed by atoms with van der Waals surface area (Å²) in [5.74, 6) is 2.28. The Labute approximate surface area is 166 Å². The number of hydrogen-bond acceptors (Lipinski definition) is 5. The molecule has 1 atom stereocenters. The molecule has 1 unspecified atom stereocenters. The molecular weight excluding hydrogens is 360 g/mol. The highest BCUT2D eigenvalue weighted by Gasteiger charge is 2.44. The molecule has 3 aliphatic rings. The molecule has 1 amide bonds. The summed E-state index contributed by atoms with van der Waals surface area (Å²) in [5.41, 5.74) is 0.784. The molecule has 2 fully saturated rings. The molecule has 1 spiro atoms. The number of thioether (sulfide) groups is 1. The molecule has 5 nitrogen and oxygen atoms in total. The number of nitrogens with zero attached hydrogens (tertiary/aromatic N) is 1. The van der Waals surface area contributed by atoms with Gasteiger partial charge in [0.25, 0.3) is 5.79 Å². The molecule has 4 rings (SSSR count). The number of nitrogens with one attached hydrogen (secondary N) is 1. The average molecular weight is 391 g/mol. The van der Waals surface area contributed by atoms with E-state index in [1.165, 1.54) is 19.3 Å². The van der Waals surface area contributed by atoms with Gasteiger partial charge in [-0.1, -0.05) is 13.3 Å². The Morgan fingerprint density at radius 1 is 1.22 bits per heavy atom. The van der Waals surface area contributed by atoms with Crippen molar-refractivity contribution in [3.8, 4) is 11.5 Å². The largest absolute Gasteiger partial charge is 0.448 e. The van der Waals surface area contributed by atoms with Crippen LogP contribution in [0, 0.1) is 0 Å². The number of benzene rings is 1. The Morgan fingerprint density at radius 3 is 2.85 bits per heavy atom. The van der Waals surface area contributed by atoms with E-state index in [1.807, 2.05) is 30.0 Å². The van der Waals surface area contributed by atoms with Crippen molar-refractivity contribution < 1.29 is 14.3 Å². The van der Waals surface area contributed by atoms with Gasteiger partial charge in [-0.15, -0.1) is 0 Å². The molecule has 148 valence electrons. The third-order valence-corrected chi connectivity index (χ3v) is 6.86. The first-order valence-corrected chi connectivity index (χ1v) is 11.4. The van der Waals surface area contributed by atoms with Gasteiger partial charge in [0, 0.05) is 36.4 Å². The molecule has 2 heterocycles. The normalized spacial score (nSPS) is 24.1. The van der Waals surface area contributed by atoms with Crippen LogP contribution >= 0.6 is 11.8 Å². The van der Waals surface area contributed by atoms with Crippen molar-refractivity contribution >= 4 is 23.4 Å². The van der Waals surface area contributed by atoms with E-state index in [-0.39, 0.29) is 5.91 Å². The van der Waals surface area contributed by atoms with Gasteiger partial charge >= 0.3 is 0 Å². The van der Waals surface area contributed by atoms with E-state index >= 15 is 0 Å². The summed E-state index contributed by atoms with van der Waals surface area (Å²) in [4.78, 5) is 14.9. The monoisotopic (exact) mass is 390 g/mol. The van der Waals surface area contributed by atoms with Gasteiger partial charge in [0.2, 0.25) is 5.91 Å². The summed E-state index contributed by atoms with van der Waals surface area (Å²) in [7, 11) is 0. The standard InChI is InChI=1S/C21H30N2O3S/c1-2-27-17-7-3-6-12-23(14-17)15-20(24)22-16-8-9-18-19(13-16)26-21(25-18)10-4-5-11-21/h8-9,13,17H,2-7,10-12,14-15H2,1H3,(H,22,24). The van der Waals surface area contributed by atoms with Gasteiger partial charge in [-0.2, -0.15) is 11.8 Å². The van der Waals surface area contributed by atoms with Crippen molar-refractivity contribution in [3.63, 3.8) is 0 Å². The second-order valence-electron chi connectivity index (χ2n) is 7.84. The van der Waals surface area contributed by atoms with Crippen molar-refractivity contribution in [1.29, 1.82) is 0 Å². The molecule has 2 aliphatic heterocycles. The van der Waals surface area contributed by atoms with E-state index in [2.05, 4.69) is 17.1 Å². The minimum absolute atomic E-state index is 0.0478. The minimum Gasteiger partial charge on any atom is -0.448 e. The Kier molecular flexibility index (Phi) is 5.83. The van der Waals surface area contributed by atoms with Crippen molar-refractivity contribution in [2.45, 2.75) is 62.9 Å². The predicted octanol–water partition coefficient (Wildman–Crippen LogP) is 4.27. The van der Waals surface area contributed by atoms with Gasteiger partial charge < -0.3 is 14.8 Å². The third-order valence-electron chi connectivity index (χ3n) is 5.67. The van der Waals surface area contributed by atoms with Crippen LogP contribution in [0.15, 0.2) is 18.2 Å². The summed E-state index contributed by atoms with van der Waals surface area (Å²) in [6.45, 7) is 4.69. The highest BCUT2D eigenvalue weighted by atomic mass is 32.2. The number of amides is 1. The number of hydrogen-bond donors (Lipinski definition) is 1. The van der Waals surface area contributed by atoms with Crippen LogP contribution in [0.5, 0.6) is 11.5 Å². The summed E-state index contributed by atoms with van der Waals surface area (Å²) >= 11 is 2.02. The molecule has 1 aliphatic carbocycles. The van der Waals surface area contributed by atoms with Crippen LogP contribution in [0.4, 0.5) is 5.69 Å². The lowest BCUT2D eigenvalue weighted by Gasteiger charge is -2.23. The second kappa shape index (κ2) is 8.31. The summed E-state index contributed by atoms with van der Waals surface area (Å²) in [5, 5.41) is 3.69. The second-order valence-corrected chi connectivity index (χ2v) is 9.42. The lowest BCUT2D eigenvalue weighted by atomic mass is 10.2. The Bertz CT molecular complexity index is 675. The van der Waals surface area contributed by atoms with E-state index in [1.54, 1.807) is 0 Å². The molecule has 0 aromatic heterocycles. The Hall–Kier alpha value is -1.40. The van der Waals surface area contributed by atoms with Crippen molar-refractivity contribution in [2.75, 3.05) is 30.7 Å². The highest BCUT2D eigenvalue weighted by Crippen LogP contribution is 2.47. The summed E-state index contributed by atoms with van der Waals surface area (Å²) in [6, 6.07) is 5.72. The van der Waals surface area contributed by atoms with Crippen LogP contribution in [-0.4, -0.2) is 47.2 Å². The molecule has 1 N–H and O–H groups in total. The summed E-state index contributed by atoms with van der Waals surface area (Å²) in [6.07, 6.45) is 7.88. The fourth-order valence-corrected chi connectivity index (χ4v) is 5.51. The Morgan fingerprint density at radius 2 is 2.04 bits per heavy atom. The predicted molar refractivity (Wildman–Crippen MR) is 110 cm³/mol. The first-order chi connectivity index (χ1) is 13.2. The van der Waals surface area contributed by atoms with Gasteiger partial charge in [0.05, 0.1) is 6.54 Å². The van der Waals surface area contributed by atoms with Crippen LogP contribution in [-0.2, 0) is 4.79 Å². The zero-order valence-electron chi connectivity index (χ0n) is 16.2. The topological polar surface area (TPSA) is 50.8 Å². The van der Waals surface area contributed by atoms with E-state index in [4.69, 9.17) is 9.47 Å². The van der Waals surface area contributed by atoms with Crippen molar-refractivity contribution in [3.05, 3.63) is 18.2 Å². The zero-order valence-corrected chi connectivity index (χ0v) is 17.0. The van der Waals surface area contributed by atoms with Crippen LogP contribution in [0.2, 0.25) is 0 Å². The smallest absolute Gasteiger partial charge is 0.251 e. The van der Waals surface area contributed by atoms with Crippen LogP contribution in [0.3, 0.4) is 0 Å². The summed E-state index contributed by atoms with van der Waals surface area (Å²) < 4.78 is 12.1. The number of ether oxygens (including phenoxy) is 2. The maximum absolute atomic E-state index is 12.6. The van der Waals surface area contributed by atoms with Gasteiger partial charge in [-0.25, -0.2) is 0 Å². The fourth-order valence-electron chi connectivity index (χ4n) is 4.39. The van der Waals surface area contributed by atoms with Crippen molar-refractivity contribution in [2.24, 2.45) is 0 Å². The Balaban J connectivity index is 1.34. The maximum Gasteiger partial charge on any atom is 0.251 e. The number of carbonyl (C=O) groups is 1. The van der Waals surface area contributed by atoms with E-state index in [9.17, 15) is 4.79 Å². The van der Waals surface area contributed by atoms with Gasteiger partial charge in [-0.05, 0) is 50.1 Å². The molecule has 6 heteroatoms. The SMILES string of the molecule is CCSC1CCCCN(CC(=O)Nc2ccc3c(c2)OC2(CCCC2)O3)C1. The van der Waals surface area contributed by atoms with E-state index in [0.29, 0.717) is 11.8 Å². The van der Waals surface area contributed by atoms with Gasteiger partial charge in [-0.3, -0.25) is 9.69 Å². The molecule has 27 heavy (non-hydrogen) atoms. The lowest BCUT2D eigenvalue weighted by Crippen LogP contribution is -2.36. The molecule has 0 bridgehead atoms. The van der Waals surface area contributed by atoms with Crippen LogP contribution < -0.4 is 14.8 Å². The van der Waals surface area contributed by atoms with Crippen LogP contribution in [0.25, 0.3) is 0 Å². The molecule has 1 aromatic rings. The number of anilines is 1. The number of likely N-dealkylation sites (tertiary alicyclic amines) is 1. The maximum atomic E-state index is 12.6. The first-order valence-electron chi connectivity index (χ1n) is 10.3. The quantitative estimate of drug-likeness (QED) is 0.813. The van der Waals surface area contributed by atoms with E-state index < -0.39 is 5.79 Å². The zero-order chi connectivity index (χ0) is 18.7. The molecule has 1 saturated heterocycles.